The van der Waals surface area contributed by atoms with Crippen molar-refractivity contribution in [3.63, 3.8) is 0 Å². The molecule has 0 aliphatic heterocycles. The van der Waals surface area contributed by atoms with E-state index in [2.05, 4.69) is 31.9 Å². The highest BCUT2D eigenvalue weighted by atomic mass is 79.9. The van der Waals surface area contributed by atoms with Gasteiger partial charge in [-0.05, 0) is 67.1 Å². The maximum absolute atomic E-state index is 13.1. The second-order valence-corrected chi connectivity index (χ2v) is 10.1. The van der Waals surface area contributed by atoms with E-state index in [4.69, 9.17) is 21.1 Å². The molecule has 218 valence electrons. The van der Waals surface area contributed by atoms with Crippen molar-refractivity contribution in [1.29, 1.82) is 0 Å². The lowest BCUT2D eigenvalue weighted by Gasteiger charge is -2.16. The van der Waals surface area contributed by atoms with Crippen LogP contribution in [0.1, 0.15) is 33.2 Å². The fraction of sp³-hybridized carbons (Fsp3) is 0.250. The second kappa shape index (κ2) is 14.3. The Labute approximate surface area is 247 Å². The van der Waals surface area contributed by atoms with Gasteiger partial charge < -0.3 is 25.4 Å². The minimum Gasteiger partial charge on any atom is -0.490 e. The van der Waals surface area contributed by atoms with E-state index < -0.39 is 29.8 Å². The van der Waals surface area contributed by atoms with Crippen LogP contribution >= 0.6 is 27.5 Å². The van der Waals surface area contributed by atoms with Gasteiger partial charge in [0, 0.05) is 29.5 Å². The lowest BCUT2D eigenvalue weighted by atomic mass is 10.1. The Morgan fingerprint density at radius 3 is 2.20 bits per heavy atom. The molecule has 0 aromatic heterocycles. The van der Waals surface area contributed by atoms with Crippen molar-refractivity contribution in [2.45, 2.75) is 19.6 Å². The Morgan fingerprint density at radius 2 is 1.54 bits per heavy atom. The van der Waals surface area contributed by atoms with Crippen molar-refractivity contribution in [3.05, 3.63) is 86.8 Å². The molecule has 13 heteroatoms. The molecule has 0 heterocycles. The number of methoxy groups -OCH3 is 1. The molecule has 0 bridgehead atoms. The smallest absolute Gasteiger partial charge is 0.400 e. The number of benzene rings is 3. The predicted octanol–water partition coefficient (Wildman–Crippen LogP) is 6.45. The van der Waals surface area contributed by atoms with Crippen LogP contribution in [-0.4, -0.2) is 44.2 Å². The van der Waals surface area contributed by atoms with E-state index in [-0.39, 0.29) is 47.3 Å². The molecule has 0 fully saturated rings. The van der Waals surface area contributed by atoms with Gasteiger partial charge in [0.2, 0.25) is 5.91 Å². The topological polar surface area (TPSA) is 106 Å². The van der Waals surface area contributed by atoms with Crippen LogP contribution in [0.4, 0.5) is 24.5 Å². The van der Waals surface area contributed by atoms with Gasteiger partial charge in [0.05, 0.1) is 22.8 Å². The van der Waals surface area contributed by atoms with Gasteiger partial charge >= 0.3 is 6.18 Å². The molecular weight excluding hydrogens is 631 g/mol. The number of ether oxygens (including phenoxy) is 2. The Kier molecular flexibility index (Phi) is 11.2. The van der Waals surface area contributed by atoms with E-state index in [0.29, 0.717) is 11.3 Å². The van der Waals surface area contributed by atoms with Crippen LogP contribution in [0.25, 0.3) is 0 Å². The molecule has 1 unspecified atom stereocenters. The largest absolute Gasteiger partial charge is 0.490 e. The highest BCUT2D eigenvalue weighted by Crippen LogP contribution is 2.27. The highest BCUT2D eigenvalue weighted by Gasteiger charge is 2.40. The quantitative estimate of drug-likeness (QED) is 0.206. The average Bonchev–Trinajstić information content (AvgIpc) is 2.93. The fourth-order valence-electron chi connectivity index (χ4n) is 3.42. The third-order valence-corrected chi connectivity index (χ3v) is 6.61. The summed E-state index contributed by atoms with van der Waals surface area (Å²) in [5.74, 6) is -4.24. The molecule has 8 nitrogen and oxygen atoms in total. The number of carbonyl (C=O) groups is 3. The average molecular weight is 657 g/mol. The number of halogens is 5. The van der Waals surface area contributed by atoms with E-state index in [1.165, 1.54) is 43.5 Å². The standard InChI is InChI=1S/C28H26BrClF3N3O5/c1-16(28(31,32)33)25(37)34-15-17-3-9-23(30)21(13-17)26(38)36-20-8-10-24(41-12-11-40-2)22(14-20)27(39)35-19-6-4-18(29)5-7-19/h3-10,13-14,16H,11-12,15H2,1-2H3,(H,34,37)(H,35,39)(H,36,38). The van der Waals surface area contributed by atoms with Gasteiger partial charge in [0.1, 0.15) is 18.3 Å². The van der Waals surface area contributed by atoms with Crippen LogP contribution in [0, 0.1) is 5.92 Å². The zero-order chi connectivity index (χ0) is 30.2. The molecule has 3 rings (SSSR count). The number of anilines is 2. The lowest BCUT2D eigenvalue weighted by Crippen LogP contribution is -2.37. The lowest BCUT2D eigenvalue weighted by molar-refractivity contribution is -0.178. The molecule has 0 spiro atoms. The molecule has 0 radical (unpaired) electrons. The Bertz CT molecular complexity index is 1400. The van der Waals surface area contributed by atoms with Gasteiger partial charge in [-0.25, -0.2) is 0 Å². The van der Waals surface area contributed by atoms with Crippen LogP contribution in [-0.2, 0) is 16.1 Å². The van der Waals surface area contributed by atoms with Gasteiger partial charge in [-0.2, -0.15) is 13.2 Å². The zero-order valence-corrected chi connectivity index (χ0v) is 24.2. The SMILES string of the molecule is COCCOc1ccc(NC(=O)c2cc(CNC(=O)C(C)C(F)(F)F)ccc2Cl)cc1C(=O)Nc1ccc(Br)cc1. The first-order valence-electron chi connectivity index (χ1n) is 12.2. The van der Waals surface area contributed by atoms with E-state index in [9.17, 15) is 27.6 Å². The number of nitrogens with one attached hydrogen (secondary N) is 3. The minimum atomic E-state index is -4.67. The molecule has 0 saturated carbocycles. The molecule has 3 aromatic rings. The maximum atomic E-state index is 13.1. The minimum absolute atomic E-state index is 0.0172. The monoisotopic (exact) mass is 655 g/mol. The second-order valence-electron chi connectivity index (χ2n) is 8.76. The number of hydrogen-bond acceptors (Lipinski definition) is 5. The van der Waals surface area contributed by atoms with E-state index in [0.717, 1.165) is 11.4 Å². The van der Waals surface area contributed by atoms with Crippen molar-refractivity contribution in [3.8, 4) is 5.75 Å². The number of hydrogen-bond donors (Lipinski definition) is 3. The van der Waals surface area contributed by atoms with Gasteiger partial charge in [-0.3, -0.25) is 14.4 Å². The fourth-order valence-corrected chi connectivity index (χ4v) is 3.89. The summed E-state index contributed by atoms with van der Waals surface area (Å²) in [6.45, 7) is 0.986. The van der Waals surface area contributed by atoms with E-state index in [1.54, 1.807) is 24.3 Å². The Morgan fingerprint density at radius 1 is 0.902 bits per heavy atom. The summed E-state index contributed by atoms with van der Waals surface area (Å²) in [7, 11) is 1.51. The summed E-state index contributed by atoms with van der Waals surface area (Å²) in [6.07, 6.45) is -4.67. The number of amides is 3. The van der Waals surface area contributed by atoms with Crippen LogP contribution in [0.15, 0.2) is 65.1 Å². The summed E-state index contributed by atoms with van der Waals surface area (Å²) in [6, 6.07) is 15.7. The molecule has 3 aromatic carbocycles. The summed E-state index contributed by atoms with van der Waals surface area (Å²) in [4.78, 5) is 38.0. The van der Waals surface area contributed by atoms with Crippen LogP contribution in [0.5, 0.6) is 5.75 Å². The van der Waals surface area contributed by atoms with Crippen molar-refractivity contribution in [1.82, 2.24) is 5.32 Å². The van der Waals surface area contributed by atoms with Crippen molar-refractivity contribution < 1.29 is 37.0 Å². The molecule has 3 N–H and O–H groups in total. The Hall–Kier alpha value is -3.61. The predicted molar refractivity (Wildman–Crippen MR) is 152 cm³/mol. The first-order chi connectivity index (χ1) is 19.4. The molecule has 3 amide bonds. The van der Waals surface area contributed by atoms with Crippen molar-refractivity contribution in [2.75, 3.05) is 31.0 Å². The van der Waals surface area contributed by atoms with Gasteiger partial charge in [0.15, 0.2) is 0 Å². The molecule has 0 aliphatic rings. The van der Waals surface area contributed by atoms with Gasteiger partial charge in [0.25, 0.3) is 11.8 Å². The first-order valence-corrected chi connectivity index (χ1v) is 13.3. The zero-order valence-electron chi connectivity index (χ0n) is 21.9. The molecule has 41 heavy (non-hydrogen) atoms. The van der Waals surface area contributed by atoms with Gasteiger partial charge in [-0.15, -0.1) is 0 Å². The number of carbonyl (C=O) groups excluding carboxylic acids is 3. The summed E-state index contributed by atoms with van der Waals surface area (Å²) in [5.41, 5.74) is 1.31. The first kappa shape index (κ1) is 31.9. The molecular formula is C28H26BrClF3N3O5. The molecule has 0 saturated heterocycles. The molecule has 1 atom stereocenters. The highest BCUT2D eigenvalue weighted by molar-refractivity contribution is 9.10. The van der Waals surface area contributed by atoms with Gasteiger partial charge in [-0.1, -0.05) is 33.6 Å². The van der Waals surface area contributed by atoms with Crippen LogP contribution in [0.2, 0.25) is 5.02 Å². The van der Waals surface area contributed by atoms with Crippen LogP contribution < -0.4 is 20.7 Å². The third-order valence-electron chi connectivity index (χ3n) is 5.76. The van der Waals surface area contributed by atoms with E-state index >= 15 is 0 Å². The van der Waals surface area contributed by atoms with E-state index in [1.807, 2.05) is 0 Å². The summed E-state index contributed by atoms with van der Waals surface area (Å²) in [5, 5.41) is 7.72. The molecule has 0 aliphatic carbocycles. The van der Waals surface area contributed by atoms with Crippen LogP contribution in [0.3, 0.4) is 0 Å². The summed E-state index contributed by atoms with van der Waals surface area (Å²) >= 11 is 9.55. The third kappa shape index (κ3) is 9.20. The number of alkyl halides is 3. The van der Waals surface area contributed by atoms with Crippen molar-refractivity contribution in [2.24, 2.45) is 5.92 Å². The summed E-state index contributed by atoms with van der Waals surface area (Å²) < 4.78 is 49.9. The normalized spacial score (nSPS) is 11.9. The maximum Gasteiger partial charge on any atom is 0.400 e. The van der Waals surface area contributed by atoms with Crippen molar-refractivity contribution >= 4 is 56.6 Å². The Balaban J connectivity index is 1.79. The number of rotatable bonds is 11.